The van der Waals surface area contributed by atoms with E-state index in [0.717, 1.165) is 15.8 Å². The average Bonchev–Trinajstić information content (AvgIpc) is 2.75. The third kappa shape index (κ3) is 4.46. The molecule has 0 spiro atoms. The van der Waals surface area contributed by atoms with Gasteiger partial charge in [-0.2, -0.15) is 0 Å². The Kier molecular flexibility index (Phi) is 5.57. The zero-order valence-corrected chi connectivity index (χ0v) is 17.0. The van der Waals surface area contributed by atoms with E-state index < -0.39 is 0 Å². The number of aromatic nitrogens is 1. The molecule has 0 fully saturated rings. The van der Waals surface area contributed by atoms with Gasteiger partial charge in [-0.3, -0.25) is 14.6 Å². The molecule has 29 heavy (non-hydrogen) atoms. The Morgan fingerprint density at radius 2 is 1.90 bits per heavy atom. The smallest absolute Gasteiger partial charge is 0.257 e. The van der Waals surface area contributed by atoms with Gasteiger partial charge in [0, 0.05) is 40.1 Å². The van der Waals surface area contributed by atoms with Crippen molar-refractivity contribution in [2.24, 2.45) is 0 Å². The summed E-state index contributed by atoms with van der Waals surface area (Å²) in [4.78, 5) is 29.1. The standard InChI is InChI=1S/C22H18BrN3O3/c23-16-6-7-20-18(12-16)19(8-10-29-20)26-21(27)14-3-1-5-17(11-14)25-22(28)15-4-2-9-24-13-15/h1-7,9,11-13,19H,8,10H2,(H,25,28)(H,26,27). The molecule has 2 amide bonds. The van der Waals surface area contributed by atoms with Gasteiger partial charge in [0.1, 0.15) is 5.75 Å². The first-order valence-corrected chi connectivity index (χ1v) is 9.94. The number of halogens is 1. The maximum atomic E-state index is 12.8. The first-order chi connectivity index (χ1) is 14.1. The molecule has 146 valence electrons. The third-order valence-electron chi connectivity index (χ3n) is 4.62. The molecule has 1 aliphatic heterocycles. The molecule has 1 atom stereocenters. The number of amides is 2. The van der Waals surface area contributed by atoms with Crippen molar-refractivity contribution in [3.05, 3.63) is 88.2 Å². The van der Waals surface area contributed by atoms with Gasteiger partial charge in [0.25, 0.3) is 11.8 Å². The Balaban J connectivity index is 1.48. The lowest BCUT2D eigenvalue weighted by atomic mass is 10.00. The van der Waals surface area contributed by atoms with Crippen molar-refractivity contribution in [1.29, 1.82) is 0 Å². The summed E-state index contributed by atoms with van der Waals surface area (Å²) in [5.74, 6) is 0.293. The van der Waals surface area contributed by atoms with E-state index in [9.17, 15) is 9.59 Å². The van der Waals surface area contributed by atoms with Crippen LogP contribution in [0.5, 0.6) is 5.75 Å². The second-order valence-corrected chi connectivity index (χ2v) is 7.54. The number of rotatable bonds is 4. The van der Waals surface area contributed by atoms with Crippen molar-refractivity contribution in [2.75, 3.05) is 11.9 Å². The van der Waals surface area contributed by atoms with Gasteiger partial charge in [-0.25, -0.2) is 0 Å². The number of nitrogens with one attached hydrogen (secondary N) is 2. The van der Waals surface area contributed by atoms with Gasteiger partial charge in [0.05, 0.1) is 18.2 Å². The summed E-state index contributed by atoms with van der Waals surface area (Å²) in [5, 5.41) is 5.86. The van der Waals surface area contributed by atoms with Crippen molar-refractivity contribution < 1.29 is 14.3 Å². The number of carbonyl (C=O) groups excluding carboxylic acids is 2. The number of pyridine rings is 1. The van der Waals surface area contributed by atoms with Crippen molar-refractivity contribution in [1.82, 2.24) is 10.3 Å². The zero-order chi connectivity index (χ0) is 20.2. The van der Waals surface area contributed by atoms with Crippen LogP contribution in [0.3, 0.4) is 0 Å². The highest BCUT2D eigenvalue weighted by atomic mass is 79.9. The summed E-state index contributed by atoms with van der Waals surface area (Å²) >= 11 is 3.47. The minimum atomic E-state index is -0.279. The van der Waals surface area contributed by atoms with Crippen molar-refractivity contribution in [3.8, 4) is 5.75 Å². The number of hydrogen-bond donors (Lipinski definition) is 2. The average molecular weight is 452 g/mol. The van der Waals surface area contributed by atoms with Crippen LogP contribution in [-0.4, -0.2) is 23.4 Å². The molecule has 7 heteroatoms. The number of nitrogens with zero attached hydrogens (tertiary/aromatic N) is 1. The van der Waals surface area contributed by atoms with Gasteiger partial charge >= 0.3 is 0 Å². The second-order valence-electron chi connectivity index (χ2n) is 6.62. The van der Waals surface area contributed by atoms with Crippen LogP contribution in [0.4, 0.5) is 5.69 Å². The molecular formula is C22H18BrN3O3. The molecule has 3 aromatic rings. The molecule has 0 radical (unpaired) electrons. The SMILES string of the molecule is O=C(Nc1cccc(C(=O)NC2CCOc3ccc(Br)cc32)c1)c1cccnc1. The number of fused-ring (bicyclic) bond motifs is 1. The fourth-order valence-corrected chi connectivity index (χ4v) is 3.57. The Bertz CT molecular complexity index is 1060. The zero-order valence-electron chi connectivity index (χ0n) is 15.4. The topological polar surface area (TPSA) is 80.3 Å². The molecule has 1 unspecified atom stereocenters. The van der Waals surface area contributed by atoms with Gasteiger partial charge in [-0.05, 0) is 48.5 Å². The van der Waals surface area contributed by atoms with E-state index in [0.29, 0.717) is 29.8 Å². The van der Waals surface area contributed by atoms with E-state index in [1.54, 1.807) is 42.6 Å². The van der Waals surface area contributed by atoms with E-state index in [1.807, 2.05) is 18.2 Å². The minimum Gasteiger partial charge on any atom is -0.493 e. The van der Waals surface area contributed by atoms with Crippen LogP contribution in [-0.2, 0) is 0 Å². The van der Waals surface area contributed by atoms with Crippen molar-refractivity contribution in [3.63, 3.8) is 0 Å². The van der Waals surface area contributed by atoms with Gasteiger partial charge in [-0.1, -0.05) is 22.0 Å². The maximum absolute atomic E-state index is 12.8. The Morgan fingerprint density at radius 1 is 1.03 bits per heavy atom. The highest BCUT2D eigenvalue weighted by molar-refractivity contribution is 9.10. The summed E-state index contributed by atoms with van der Waals surface area (Å²) in [7, 11) is 0. The molecule has 2 heterocycles. The Labute approximate surface area is 176 Å². The number of carbonyl (C=O) groups is 2. The summed E-state index contributed by atoms with van der Waals surface area (Å²) in [6.07, 6.45) is 3.79. The molecule has 0 saturated carbocycles. The Morgan fingerprint density at radius 3 is 2.72 bits per heavy atom. The van der Waals surface area contributed by atoms with Gasteiger partial charge in [0.2, 0.25) is 0 Å². The van der Waals surface area contributed by atoms with Crippen LogP contribution in [0.2, 0.25) is 0 Å². The predicted octanol–water partition coefficient (Wildman–Crippen LogP) is 4.35. The highest BCUT2D eigenvalue weighted by Gasteiger charge is 2.24. The molecule has 2 aromatic carbocycles. The van der Waals surface area contributed by atoms with Crippen LogP contribution in [0.1, 0.15) is 38.7 Å². The van der Waals surface area contributed by atoms with Crippen LogP contribution in [0.15, 0.2) is 71.5 Å². The lowest BCUT2D eigenvalue weighted by molar-refractivity contribution is 0.0923. The first kappa shape index (κ1) is 19.1. The lowest BCUT2D eigenvalue weighted by Crippen LogP contribution is -2.32. The second kappa shape index (κ2) is 8.45. The number of benzene rings is 2. The Hall–Kier alpha value is -3.19. The molecule has 6 nitrogen and oxygen atoms in total. The number of ether oxygens (including phenoxy) is 1. The monoisotopic (exact) mass is 451 g/mol. The summed E-state index contributed by atoms with van der Waals surface area (Å²) in [5.41, 5.74) is 2.41. The number of hydrogen-bond acceptors (Lipinski definition) is 4. The van der Waals surface area contributed by atoms with Crippen LogP contribution < -0.4 is 15.4 Å². The highest BCUT2D eigenvalue weighted by Crippen LogP contribution is 2.34. The van der Waals surface area contributed by atoms with E-state index in [2.05, 4.69) is 31.5 Å². The quantitative estimate of drug-likeness (QED) is 0.617. The molecule has 0 saturated heterocycles. The van der Waals surface area contributed by atoms with Gasteiger partial charge < -0.3 is 15.4 Å². The van der Waals surface area contributed by atoms with Crippen LogP contribution in [0.25, 0.3) is 0 Å². The number of anilines is 1. The van der Waals surface area contributed by atoms with Gasteiger partial charge in [0.15, 0.2) is 0 Å². The maximum Gasteiger partial charge on any atom is 0.257 e. The predicted molar refractivity (Wildman–Crippen MR) is 113 cm³/mol. The fourth-order valence-electron chi connectivity index (χ4n) is 3.20. The minimum absolute atomic E-state index is 0.141. The molecule has 1 aliphatic rings. The third-order valence-corrected chi connectivity index (χ3v) is 5.12. The lowest BCUT2D eigenvalue weighted by Gasteiger charge is -2.27. The van der Waals surface area contributed by atoms with Crippen LogP contribution >= 0.6 is 15.9 Å². The fraction of sp³-hybridized carbons (Fsp3) is 0.136. The van der Waals surface area contributed by atoms with Crippen molar-refractivity contribution in [2.45, 2.75) is 12.5 Å². The molecule has 2 N–H and O–H groups in total. The molecular weight excluding hydrogens is 434 g/mol. The summed E-state index contributed by atoms with van der Waals surface area (Å²) in [6, 6.07) is 15.9. The van der Waals surface area contributed by atoms with E-state index >= 15 is 0 Å². The molecule has 1 aromatic heterocycles. The van der Waals surface area contributed by atoms with E-state index in [1.165, 1.54) is 6.20 Å². The van der Waals surface area contributed by atoms with E-state index in [-0.39, 0.29) is 17.9 Å². The molecule has 4 rings (SSSR count). The first-order valence-electron chi connectivity index (χ1n) is 9.15. The van der Waals surface area contributed by atoms with E-state index in [4.69, 9.17) is 4.74 Å². The van der Waals surface area contributed by atoms with Crippen LogP contribution in [0, 0.1) is 0 Å². The van der Waals surface area contributed by atoms with Gasteiger partial charge in [-0.15, -0.1) is 0 Å². The molecule has 0 aliphatic carbocycles. The summed E-state index contributed by atoms with van der Waals surface area (Å²) < 4.78 is 6.61. The van der Waals surface area contributed by atoms with Crippen molar-refractivity contribution >= 4 is 33.4 Å². The molecule has 0 bridgehead atoms. The summed E-state index contributed by atoms with van der Waals surface area (Å²) in [6.45, 7) is 0.542. The largest absolute Gasteiger partial charge is 0.493 e. The normalized spacial score (nSPS) is 15.0.